The van der Waals surface area contributed by atoms with Gasteiger partial charge in [0.2, 0.25) is 0 Å². The number of imidazole rings is 1. The number of alkyl carbamates (subject to hydrolysis) is 1. The van der Waals surface area contributed by atoms with Gasteiger partial charge in [-0.05, 0) is 64.8 Å². The second-order valence-electron chi connectivity index (χ2n) is 12.5. The van der Waals surface area contributed by atoms with Gasteiger partial charge in [-0.1, -0.05) is 19.6 Å². The van der Waals surface area contributed by atoms with Crippen molar-refractivity contribution < 1.29 is 32.9 Å². The van der Waals surface area contributed by atoms with Gasteiger partial charge in [0, 0.05) is 33.5 Å². The van der Waals surface area contributed by atoms with Gasteiger partial charge in [0.15, 0.2) is 5.65 Å². The van der Waals surface area contributed by atoms with Gasteiger partial charge in [-0.3, -0.25) is 9.13 Å². The smallest absolute Gasteiger partial charge is 0.407 e. The van der Waals surface area contributed by atoms with Gasteiger partial charge >= 0.3 is 17.8 Å². The number of aromatic nitrogens is 3. The normalized spacial score (nSPS) is 12.7. The Balaban J connectivity index is 1.91. The molecular formula is C30H43FN4O7Si. The molecule has 43 heavy (non-hydrogen) atoms. The van der Waals surface area contributed by atoms with Crippen molar-refractivity contribution >= 4 is 31.3 Å². The molecule has 0 spiro atoms. The molecule has 1 unspecified atom stereocenters. The lowest BCUT2D eigenvalue weighted by atomic mass is 10.2. The molecule has 0 aliphatic heterocycles. The molecule has 0 bridgehead atoms. The number of hydrogen-bond donors (Lipinski definition) is 1. The summed E-state index contributed by atoms with van der Waals surface area (Å²) >= 11 is 0. The molecular weight excluding hydrogens is 575 g/mol. The zero-order valence-electron chi connectivity index (χ0n) is 26.3. The van der Waals surface area contributed by atoms with Crippen LogP contribution in [0.1, 0.15) is 50.9 Å². The number of pyridine rings is 1. The van der Waals surface area contributed by atoms with E-state index in [4.69, 9.17) is 14.2 Å². The summed E-state index contributed by atoms with van der Waals surface area (Å²) in [7, 11) is -0.189. The fourth-order valence-electron chi connectivity index (χ4n) is 4.21. The molecule has 11 nitrogen and oxygen atoms in total. The van der Waals surface area contributed by atoms with Crippen LogP contribution in [0.5, 0.6) is 5.75 Å². The molecule has 236 valence electrons. The van der Waals surface area contributed by atoms with E-state index in [1.54, 1.807) is 26.8 Å². The highest BCUT2D eigenvalue weighted by atomic mass is 28.3. The molecule has 0 aliphatic rings. The summed E-state index contributed by atoms with van der Waals surface area (Å²) in [5.74, 6) is -1.29. The Morgan fingerprint density at radius 2 is 1.88 bits per heavy atom. The van der Waals surface area contributed by atoms with E-state index in [9.17, 15) is 18.8 Å². The highest BCUT2D eigenvalue weighted by molar-refractivity contribution is 6.76. The van der Waals surface area contributed by atoms with Crippen molar-refractivity contribution in [3.05, 3.63) is 52.3 Å². The summed E-state index contributed by atoms with van der Waals surface area (Å²) < 4.78 is 39.7. The molecule has 0 aliphatic carbocycles. The van der Waals surface area contributed by atoms with E-state index in [1.807, 2.05) is 6.92 Å². The Morgan fingerprint density at radius 1 is 1.16 bits per heavy atom. The fourth-order valence-corrected chi connectivity index (χ4v) is 4.97. The Hall–Kier alpha value is -3.71. The Morgan fingerprint density at radius 3 is 2.51 bits per heavy atom. The van der Waals surface area contributed by atoms with Crippen LogP contribution in [-0.4, -0.2) is 66.2 Å². The van der Waals surface area contributed by atoms with E-state index in [-0.39, 0.29) is 24.1 Å². The number of benzene rings is 1. The van der Waals surface area contributed by atoms with Gasteiger partial charge in [-0.15, -0.1) is 0 Å². The Kier molecular flexibility index (Phi) is 11.1. The van der Waals surface area contributed by atoms with Crippen LogP contribution in [0.4, 0.5) is 9.18 Å². The van der Waals surface area contributed by atoms with Gasteiger partial charge in [0.25, 0.3) is 0 Å². The number of ether oxygens (including phenoxy) is 4. The fraction of sp³-hybridized carbons (Fsp3) is 0.533. The number of nitrogens with one attached hydrogen (secondary N) is 1. The maximum Gasteiger partial charge on any atom is 0.407 e. The number of nitrogens with zero attached hydrogens (tertiary/aromatic N) is 3. The first-order valence-electron chi connectivity index (χ1n) is 14.3. The first kappa shape index (κ1) is 33.8. The maximum atomic E-state index is 15.0. The number of esters is 1. The van der Waals surface area contributed by atoms with E-state index in [0.29, 0.717) is 42.9 Å². The predicted molar refractivity (Wildman–Crippen MR) is 164 cm³/mol. The highest BCUT2D eigenvalue weighted by Gasteiger charge is 2.23. The van der Waals surface area contributed by atoms with E-state index in [2.05, 4.69) is 34.7 Å². The average molecular weight is 619 g/mol. The van der Waals surface area contributed by atoms with Crippen LogP contribution in [0.15, 0.2) is 35.3 Å². The predicted octanol–water partition coefficient (Wildman–Crippen LogP) is 5.50. The van der Waals surface area contributed by atoms with Crippen molar-refractivity contribution in [2.75, 3.05) is 20.3 Å². The van der Waals surface area contributed by atoms with E-state index in [1.165, 1.54) is 34.6 Å². The van der Waals surface area contributed by atoms with Gasteiger partial charge in [-0.25, -0.2) is 23.8 Å². The summed E-state index contributed by atoms with van der Waals surface area (Å²) in [6.07, 6.45) is 1.96. The van der Waals surface area contributed by atoms with Crippen molar-refractivity contribution in [3.63, 3.8) is 0 Å². The van der Waals surface area contributed by atoms with E-state index < -0.39 is 37.2 Å². The minimum absolute atomic E-state index is 0.0438. The lowest BCUT2D eigenvalue weighted by Crippen LogP contribution is -2.33. The van der Waals surface area contributed by atoms with Crippen molar-refractivity contribution in [3.8, 4) is 11.4 Å². The first-order valence-corrected chi connectivity index (χ1v) is 18.0. The molecule has 3 aromatic rings. The van der Waals surface area contributed by atoms with Crippen molar-refractivity contribution in [1.82, 2.24) is 19.4 Å². The quantitative estimate of drug-likeness (QED) is 0.151. The molecule has 3 rings (SSSR count). The van der Waals surface area contributed by atoms with Crippen LogP contribution in [-0.2, 0) is 20.9 Å². The molecule has 1 N–H and O–H groups in total. The monoisotopic (exact) mass is 618 g/mol. The number of halogens is 1. The summed E-state index contributed by atoms with van der Waals surface area (Å²) in [4.78, 5) is 42.1. The van der Waals surface area contributed by atoms with Crippen LogP contribution in [0.3, 0.4) is 0 Å². The number of carbonyl (C=O) groups is 2. The largest absolute Gasteiger partial charge is 0.488 e. The first-order chi connectivity index (χ1) is 20.1. The number of methoxy groups -OCH3 is 1. The zero-order valence-corrected chi connectivity index (χ0v) is 27.3. The molecule has 2 heterocycles. The molecule has 2 aromatic heterocycles. The van der Waals surface area contributed by atoms with Crippen LogP contribution >= 0.6 is 0 Å². The second kappa shape index (κ2) is 14.2. The van der Waals surface area contributed by atoms with Gasteiger partial charge in [0.1, 0.15) is 29.4 Å². The van der Waals surface area contributed by atoms with Crippen LogP contribution in [0.2, 0.25) is 25.7 Å². The van der Waals surface area contributed by atoms with Crippen molar-refractivity contribution in [2.24, 2.45) is 0 Å². The lowest BCUT2D eigenvalue weighted by Gasteiger charge is -2.20. The third-order valence-corrected chi connectivity index (χ3v) is 8.09. The molecule has 0 saturated heterocycles. The average Bonchev–Trinajstić information content (AvgIpc) is 3.19. The van der Waals surface area contributed by atoms with E-state index in [0.717, 1.165) is 12.1 Å². The SMILES string of the molecule is COC(=O)c1ccc(-n2c(=O)n(COCC[Si](C)(C)C)c3nccc(OC(C)CCCNC(=O)OC(C)(C)C)c32)cc1F. The van der Waals surface area contributed by atoms with Crippen LogP contribution < -0.4 is 15.7 Å². The van der Waals surface area contributed by atoms with Gasteiger partial charge < -0.3 is 24.3 Å². The molecule has 1 aromatic carbocycles. The molecule has 1 atom stereocenters. The Labute approximate surface area is 252 Å². The standard InChI is InChI=1S/C30H43FN4O7Si/c1-20(10-9-14-33-28(37)42-30(2,3)4)41-24-13-15-32-26-25(24)35(21-11-12-22(23(31)18-21)27(36)39-5)29(38)34(26)19-40-16-17-43(6,7)8/h11-13,15,18,20H,9-10,14,16-17,19H2,1-8H3,(H,33,37). The van der Waals surface area contributed by atoms with Gasteiger partial charge in [0.05, 0.1) is 24.5 Å². The van der Waals surface area contributed by atoms with Gasteiger partial charge in [-0.2, -0.15) is 0 Å². The van der Waals surface area contributed by atoms with Crippen molar-refractivity contribution in [2.45, 2.75) is 84.7 Å². The molecule has 0 radical (unpaired) electrons. The third-order valence-electron chi connectivity index (χ3n) is 6.39. The summed E-state index contributed by atoms with van der Waals surface area (Å²) in [6, 6.07) is 6.40. The molecule has 13 heteroatoms. The number of amides is 1. The zero-order chi connectivity index (χ0) is 31.9. The maximum absolute atomic E-state index is 15.0. The van der Waals surface area contributed by atoms with E-state index >= 15 is 0 Å². The second-order valence-corrected chi connectivity index (χ2v) is 18.2. The number of hydrogen-bond acceptors (Lipinski definition) is 8. The summed E-state index contributed by atoms with van der Waals surface area (Å²) in [5.41, 5.74) is -0.488. The van der Waals surface area contributed by atoms with Crippen LogP contribution in [0.25, 0.3) is 16.9 Å². The molecule has 0 fully saturated rings. The lowest BCUT2D eigenvalue weighted by molar-refractivity contribution is 0.0523. The number of carbonyl (C=O) groups excluding carboxylic acids is 2. The van der Waals surface area contributed by atoms with Crippen molar-refractivity contribution in [1.29, 1.82) is 0 Å². The minimum atomic E-state index is -1.36. The number of fused-ring (bicyclic) bond motifs is 1. The highest BCUT2D eigenvalue weighted by Crippen LogP contribution is 2.28. The number of rotatable bonds is 13. The topological polar surface area (TPSA) is 123 Å². The third kappa shape index (κ3) is 9.39. The molecule has 1 amide bonds. The summed E-state index contributed by atoms with van der Waals surface area (Å²) in [6.45, 7) is 14.8. The minimum Gasteiger partial charge on any atom is -0.488 e. The molecule has 0 saturated carbocycles. The Bertz CT molecular complexity index is 1490. The van der Waals surface area contributed by atoms with Crippen LogP contribution in [0, 0.1) is 5.82 Å². The summed E-state index contributed by atoms with van der Waals surface area (Å²) in [5, 5.41) is 2.73.